The lowest BCUT2D eigenvalue weighted by atomic mass is 9.33. The van der Waals surface area contributed by atoms with Crippen molar-refractivity contribution in [3.63, 3.8) is 0 Å². The van der Waals surface area contributed by atoms with Crippen LogP contribution in [0.5, 0.6) is 5.75 Å². The number of aliphatic carboxylic acids is 1. The van der Waals surface area contributed by atoms with Crippen LogP contribution < -0.4 is 10.1 Å². The van der Waals surface area contributed by atoms with Crippen molar-refractivity contribution in [1.82, 2.24) is 5.32 Å². The molecule has 1 heterocycles. The summed E-state index contributed by atoms with van der Waals surface area (Å²) in [6.07, 6.45) is 10.7. The number of nitrogens with one attached hydrogen (secondary N) is 1. The molecule has 0 aromatic heterocycles. The molecule has 9 nitrogen and oxygen atoms in total. The Morgan fingerprint density at radius 1 is 0.847 bits per heavy atom. The molecule has 0 unspecified atom stereocenters. The first kappa shape index (κ1) is 42.5. The van der Waals surface area contributed by atoms with Gasteiger partial charge in [-0.05, 0) is 139 Å². The standard InChI is InChI=1S/C50H71NO8/c1-29(2)40-36(52)27-50(23-24-51-42(53)30-10-12-31(13-11-30)58-32-18-25-57-28-32)22-21-48(8)33(41(40)50)14-15-38-47(7)19-17-39(46(5,6)37(47)16-20-49(38,48)9)59-44(56)35-26-34(43(54)55)45(35,3)4/h10-13,29,32-35,37-39H,14-28H2,1-9H3,(H,51,53)(H,54,55)/t32-,33-,34+,35-,37+,38-,39+,47+,48-,49-,50-/m1/s1. The second-order valence-electron chi connectivity index (χ2n) is 22.4. The summed E-state index contributed by atoms with van der Waals surface area (Å²) in [6.45, 7) is 22.4. The second-order valence-corrected chi connectivity index (χ2v) is 22.4. The summed E-state index contributed by atoms with van der Waals surface area (Å²) in [6, 6.07) is 7.38. The van der Waals surface area contributed by atoms with Crippen LogP contribution in [0.25, 0.3) is 0 Å². The molecular formula is C50H71NO8. The van der Waals surface area contributed by atoms with Crippen LogP contribution in [0, 0.1) is 68.0 Å². The first-order valence-corrected chi connectivity index (χ1v) is 23.0. The minimum Gasteiger partial charge on any atom is -0.488 e. The maximum absolute atomic E-state index is 14.1. The lowest BCUT2D eigenvalue weighted by molar-refractivity contribution is -0.236. The first-order chi connectivity index (χ1) is 27.7. The molecule has 8 rings (SSSR count). The highest BCUT2D eigenvalue weighted by atomic mass is 16.6. The Kier molecular flexibility index (Phi) is 10.6. The second kappa shape index (κ2) is 14.7. The summed E-state index contributed by atoms with van der Waals surface area (Å²) in [5.41, 5.74) is 2.30. The van der Waals surface area contributed by atoms with Gasteiger partial charge in [0.2, 0.25) is 0 Å². The summed E-state index contributed by atoms with van der Waals surface area (Å²) < 4.78 is 17.9. The van der Waals surface area contributed by atoms with E-state index >= 15 is 0 Å². The average molecular weight is 814 g/mol. The average Bonchev–Trinajstić information content (AvgIpc) is 3.78. The summed E-state index contributed by atoms with van der Waals surface area (Å²) in [5, 5.41) is 12.9. The summed E-state index contributed by atoms with van der Waals surface area (Å²) in [4.78, 5) is 53.0. The van der Waals surface area contributed by atoms with Crippen LogP contribution in [-0.2, 0) is 23.9 Å². The van der Waals surface area contributed by atoms with Gasteiger partial charge in [0.25, 0.3) is 5.91 Å². The van der Waals surface area contributed by atoms with Gasteiger partial charge in [0, 0.05) is 35.8 Å². The van der Waals surface area contributed by atoms with Gasteiger partial charge in [-0.25, -0.2) is 0 Å². The Bertz CT molecular complexity index is 1890. The van der Waals surface area contributed by atoms with E-state index in [1.54, 1.807) is 0 Å². The molecule has 11 atom stereocenters. The normalized spacial score (nSPS) is 40.6. The fourth-order valence-corrected chi connectivity index (χ4v) is 15.2. The van der Waals surface area contributed by atoms with Crippen molar-refractivity contribution < 1.29 is 38.5 Å². The zero-order chi connectivity index (χ0) is 42.5. The number of ether oxygens (including phenoxy) is 3. The maximum Gasteiger partial charge on any atom is 0.309 e. The molecule has 324 valence electrons. The summed E-state index contributed by atoms with van der Waals surface area (Å²) >= 11 is 0. The summed E-state index contributed by atoms with van der Waals surface area (Å²) in [5.74, 6) is 0.435. The van der Waals surface area contributed by atoms with Gasteiger partial charge in [-0.3, -0.25) is 19.2 Å². The van der Waals surface area contributed by atoms with Crippen LogP contribution in [0.4, 0.5) is 0 Å². The molecule has 6 fully saturated rings. The number of amides is 1. The van der Waals surface area contributed by atoms with Gasteiger partial charge >= 0.3 is 11.9 Å². The van der Waals surface area contributed by atoms with Gasteiger partial charge < -0.3 is 24.6 Å². The summed E-state index contributed by atoms with van der Waals surface area (Å²) in [7, 11) is 0. The number of hydrogen-bond acceptors (Lipinski definition) is 7. The number of ketones is 1. The molecule has 1 aliphatic heterocycles. The topological polar surface area (TPSA) is 128 Å². The Hall–Kier alpha value is -3.20. The van der Waals surface area contributed by atoms with Gasteiger partial charge in [-0.1, -0.05) is 67.9 Å². The molecule has 1 aromatic rings. The number of carbonyl (C=O) groups excluding carboxylic acids is 3. The largest absolute Gasteiger partial charge is 0.488 e. The molecule has 1 aromatic carbocycles. The molecular weight excluding hydrogens is 743 g/mol. The molecule has 0 bridgehead atoms. The smallest absolute Gasteiger partial charge is 0.309 e. The predicted molar refractivity (Wildman–Crippen MR) is 226 cm³/mol. The zero-order valence-electron chi connectivity index (χ0n) is 37.3. The van der Waals surface area contributed by atoms with Gasteiger partial charge in [-0.2, -0.15) is 0 Å². The van der Waals surface area contributed by atoms with E-state index in [-0.39, 0.29) is 63.0 Å². The number of esters is 1. The minimum atomic E-state index is -0.829. The van der Waals surface area contributed by atoms with E-state index < -0.39 is 17.3 Å². The fourth-order valence-electron chi connectivity index (χ4n) is 15.2. The highest BCUT2D eigenvalue weighted by molar-refractivity contribution is 6.00. The number of Topliss-reactive ketones (excluding diaryl/α,β-unsaturated/α-hetero) is 1. The van der Waals surface area contributed by atoms with Crippen molar-refractivity contribution in [3.8, 4) is 5.75 Å². The molecule has 2 N–H and O–H groups in total. The highest BCUT2D eigenvalue weighted by Gasteiger charge is 2.70. The van der Waals surface area contributed by atoms with Crippen molar-refractivity contribution in [2.24, 2.45) is 68.0 Å². The molecule has 5 saturated carbocycles. The van der Waals surface area contributed by atoms with E-state index in [9.17, 15) is 24.3 Å². The molecule has 1 amide bonds. The van der Waals surface area contributed by atoms with Gasteiger partial charge in [0.1, 0.15) is 18.0 Å². The predicted octanol–water partition coefficient (Wildman–Crippen LogP) is 9.61. The van der Waals surface area contributed by atoms with E-state index in [0.29, 0.717) is 61.7 Å². The third kappa shape index (κ3) is 6.54. The lowest BCUT2D eigenvalue weighted by Gasteiger charge is -2.72. The van der Waals surface area contributed by atoms with Gasteiger partial charge in [0.15, 0.2) is 5.78 Å². The van der Waals surface area contributed by atoms with Crippen LogP contribution in [0.3, 0.4) is 0 Å². The van der Waals surface area contributed by atoms with E-state index in [2.05, 4.69) is 53.8 Å². The number of carboxylic acid groups (broad SMARTS) is 1. The number of allylic oxidation sites excluding steroid dienone is 2. The number of benzene rings is 1. The Labute approximate surface area is 352 Å². The Morgan fingerprint density at radius 2 is 1.58 bits per heavy atom. The number of carbonyl (C=O) groups is 4. The van der Waals surface area contributed by atoms with Crippen LogP contribution >= 0.6 is 0 Å². The van der Waals surface area contributed by atoms with Crippen molar-refractivity contribution >= 4 is 23.6 Å². The molecule has 0 radical (unpaired) electrons. The van der Waals surface area contributed by atoms with Gasteiger partial charge in [0.05, 0.1) is 25.0 Å². The lowest BCUT2D eigenvalue weighted by Crippen LogP contribution is -2.66. The molecule has 6 aliphatic carbocycles. The molecule has 1 saturated heterocycles. The van der Waals surface area contributed by atoms with Gasteiger partial charge in [-0.15, -0.1) is 0 Å². The third-order valence-electron chi connectivity index (χ3n) is 18.8. The zero-order valence-corrected chi connectivity index (χ0v) is 37.3. The van der Waals surface area contributed by atoms with Crippen molar-refractivity contribution in [2.75, 3.05) is 19.8 Å². The fraction of sp³-hybridized carbons (Fsp3) is 0.760. The van der Waals surface area contributed by atoms with E-state index in [1.165, 1.54) is 5.57 Å². The van der Waals surface area contributed by atoms with Crippen LogP contribution in [0.1, 0.15) is 150 Å². The van der Waals surface area contributed by atoms with E-state index in [1.807, 2.05) is 38.1 Å². The number of fused-ring (bicyclic) bond motifs is 7. The Balaban J connectivity index is 0.980. The number of hydrogen-bond donors (Lipinski definition) is 2. The number of carboxylic acids is 1. The molecule has 59 heavy (non-hydrogen) atoms. The number of rotatable bonds is 10. The SMILES string of the molecule is CC(C)C1=C2[C@H]3CC[C@@H]4[C@@]5(C)CC[C@H](OC(=O)[C@H]6C[C@@H](C(=O)O)C6(C)C)C(C)(C)[C@@H]5CC[C@@]4(C)[C@]3(C)CC[C@@]2(CCNC(=O)c2ccc(O[C@@H]3CCOC3)cc2)CC1=O. The monoisotopic (exact) mass is 814 g/mol. The van der Waals surface area contributed by atoms with Crippen LogP contribution in [0.15, 0.2) is 35.4 Å². The highest BCUT2D eigenvalue weighted by Crippen LogP contribution is 2.77. The molecule has 9 heteroatoms. The van der Waals surface area contributed by atoms with Crippen LogP contribution in [0.2, 0.25) is 0 Å². The van der Waals surface area contributed by atoms with Crippen LogP contribution in [-0.4, -0.2) is 60.7 Å². The maximum atomic E-state index is 14.1. The van der Waals surface area contributed by atoms with E-state index in [0.717, 1.165) is 75.5 Å². The molecule has 0 spiro atoms. The van der Waals surface area contributed by atoms with Crippen molar-refractivity contribution in [2.45, 2.75) is 152 Å². The third-order valence-corrected chi connectivity index (χ3v) is 18.8. The minimum absolute atomic E-state index is 0.0368. The Morgan fingerprint density at radius 3 is 2.22 bits per heavy atom. The van der Waals surface area contributed by atoms with Crippen molar-refractivity contribution in [1.29, 1.82) is 0 Å². The van der Waals surface area contributed by atoms with Crippen molar-refractivity contribution in [3.05, 3.63) is 41.0 Å². The first-order valence-electron chi connectivity index (χ1n) is 23.0. The van der Waals surface area contributed by atoms with E-state index in [4.69, 9.17) is 14.2 Å². The quantitative estimate of drug-likeness (QED) is 0.224. The molecule has 7 aliphatic rings.